The van der Waals surface area contributed by atoms with Gasteiger partial charge in [-0.25, -0.2) is 0 Å². The number of halogens is 1. The number of rotatable bonds is 5. The minimum absolute atomic E-state index is 0.484. The third kappa shape index (κ3) is 2.88. The Morgan fingerprint density at radius 1 is 1.15 bits per heavy atom. The van der Waals surface area contributed by atoms with Crippen LogP contribution in [0.1, 0.15) is 28.7 Å². The Morgan fingerprint density at radius 2 is 1.90 bits per heavy atom. The van der Waals surface area contributed by atoms with Gasteiger partial charge in [-0.05, 0) is 35.2 Å². The molecule has 1 aliphatic carbocycles. The SMILES string of the molecule is OC(CNCC1Cc2ccccc21)c1ccc(Cl)cc1. The zero-order chi connectivity index (χ0) is 13.9. The van der Waals surface area contributed by atoms with Crippen LogP contribution in [0.25, 0.3) is 0 Å². The van der Waals surface area contributed by atoms with Crippen molar-refractivity contribution in [3.8, 4) is 0 Å². The number of benzene rings is 2. The molecule has 2 nitrogen and oxygen atoms in total. The average Bonchev–Trinajstić information content (AvgIpc) is 2.44. The van der Waals surface area contributed by atoms with Crippen molar-refractivity contribution < 1.29 is 5.11 Å². The lowest BCUT2D eigenvalue weighted by Crippen LogP contribution is -2.31. The molecule has 3 heteroatoms. The third-order valence-corrected chi connectivity index (χ3v) is 4.20. The van der Waals surface area contributed by atoms with Gasteiger partial charge in [0.1, 0.15) is 0 Å². The number of hydrogen-bond acceptors (Lipinski definition) is 2. The summed E-state index contributed by atoms with van der Waals surface area (Å²) in [5.41, 5.74) is 3.80. The van der Waals surface area contributed by atoms with Gasteiger partial charge in [-0.3, -0.25) is 0 Å². The van der Waals surface area contributed by atoms with Crippen LogP contribution in [0.4, 0.5) is 0 Å². The smallest absolute Gasteiger partial charge is 0.0914 e. The lowest BCUT2D eigenvalue weighted by Gasteiger charge is -2.30. The molecule has 0 bridgehead atoms. The first-order valence-corrected chi connectivity index (χ1v) is 7.34. The number of fused-ring (bicyclic) bond motifs is 1. The predicted molar refractivity (Wildman–Crippen MR) is 82.2 cm³/mol. The molecule has 2 aromatic rings. The van der Waals surface area contributed by atoms with Gasteiger partial charge in [0, 0.05) is 24.0 Å². The molecular formula is C17H18ClNO. The Kier molecular flexibility index (Phi) is 4.06. The maximum atomic E-state index is 10.1. The van der Waals surface area contributed by atoms with E-state index in [9.17, 15) is 5.11 Å². The van der Waals surface area contributed by atoms with E-state index in [1.165, 1.54) is 11.1 Å². The highest BCUT2D eigenvalue weighted by Gasteiger charge is 2.24. The van der Waals surface area contributed by atoms with Crippen molar-refractivity contribution in [2.75, 3.05) is 13.1 Å². The third-order valence-electron chi connectivity index (χ3n) is 3.94. The molecule has 104 valence electrons. The van der Waals surface area contributed by atoms with Crippen LogP contribution in [0.5, 0.6) is 0 Å². The predicted octanol–water partition coefficient (Wildman–Crippen LogP) is 3.30. The first-order chi connectivity index (χ1) is 9.74. The van der Waals surface area contributed by atoms with Gasteiger partial charge < -0.3 is 10.4 Å². The molecule has 0 heterocycles. The first-order valence-electron chi connectivity index (χ1n) is 6.96. The summed E-state index contributed by atoms with van der Waals surface area (Å²) in [6.45, 7) is 1.49. The van der Waals surface area contributed by atoms with Crippen LogP contribution >= 0.6 is 11.6 Å². The quantitative estimate of drug-likeness (QED) is 0.884. The molecule has 2 atom stereocenters. The van der Waals surface area contributed by atoms with Crippen LogP contribution < -0.4 is 5.32 Å². The Bertz CT molecular complexity index is 582. The standard InChI is InChI=1S/C17H18ClNO/c18-15-7-5-12(6-8-15)17(20)11-19-10-14-9-13-3-1-2-4-16(13)14/h1-8,14,17,19-20H,9-11H2. The highest BCUT2D eigenvalue weighted by molar-refractivity contribution is 6.30. The molecule has 2 N–H and O–H groups in total. The summed E-state index contributed by atoms with van der Waals surface area (Å²) < 4.78 is 0. The largest absolute Gasteiger partial charge is 0.387 e. The Labute approximate surface area is 124 Å². The van der Waals surface area contributed by atoms with E-state index in [2.05, 4.69) is 29.6 Å². The van der Waals surface area contributed by atoms with E-state index in [-0.39, 0.29) is 0 Å². The first kappa shape index (κ1) is 13.6. The van der Waals surface area contributed by atoms with E-state index < -0.39 is 6.10 Å². The van der Waals surface area contributed by atoms with Crippen LogP contribution in [-0.4, -0.2) is 18.2 Å². The normalized spacial score (nSPS) is 18.2. The van der Waals surface area contributed by atoms with Gasteiger partial charge in [0.05, 0.1) is 6.10 Å². The lowest BCUT2D eigenvalue weighted by atomic mass is 9.77. The van der Waals surface area contributed by atoms with E-state index >= 15 is 0 Å². The van der Waals surface area contributed by atoms with Crippen LogP contribution in [0.15, 0.2) is 48.5 Å². The van der Waals surface area contributed by atoms with Crippen LogP contribution in [-0.2, 0) is 6.42 Å². The average molecular weight is 288 g/mol. The molecule has 1 aliphatic rings. The second kappa shape index (κ2) is 5.96. The molecule has 2 unspecified atom stereocenters. The fourth-order valence-corrected chi connectivity index (χ4v) is 2.87. The Balaban J connectivity index is 1.48. The van der Waals surface area contributed by atoms with Crippen molar-refractivity contribution in [1.29, 1.82) is 0 Å². The maximum Gasteiger partial charge on any atom is 0.0914 e. The van der Waals surface area contributed by atoms with E-state index in [1.807, 2.05) is 24.3 Å². The molecule has 0 aromatic heterocycles. The van der Waals surface area contributed by atoms with Crippen molar-refractivity contribution in [2.45, 2.75) is 18.4 Å². The fraction of sp³-hybridized carbons (Fsp3) is 0.294. The van der Waals surface area contributed by atoms with Gasteiger partial charge in [-0.15, -0.1) is 0 Å². The van der Waals surface area contributed by atoms with Crippen LogP contribution in [0.3, 0.4) is 0 Å². The number of aliphatic hydroxyl groups is 1. The topological polar surface area (TPSA) is 32.3 Å². The van der Waals surface area contributed by atoms with E-state index in [4.69, 9.17) is 11.6 Å². The minimum Gasteiger partial charge on any atom is -0.387 e. The lowest BCUT2D eigenvalue weighted by molar-refractivity contribution is 0.174. The van der Waals surface area contributed by atoms with Crippen molar-refractivity contribution >= 4 is 11.6 Å². The van der Waals surface area contributed by atoms with E-state index in [0.29, 0.717) is 17.5 Å². The van der Waals surface area contributed by atoms with Gasteiger partial charge in [0.2, 0.25) is 0 Å². The molecule has 0 spiro atoms. The summed E-state index contributed by atoms with van der Waals surface area (Å²) in [6.07, 6.45) is 0.655. The Hall–Kier alpha value is -1.35. The number of hydrogen-bond donors (Lipinski definition) is 2. The van der Waals surface area contributed by atoms with Crippen LogP contribution in [0.2, 0.25) is 5.02 Å². The molecule has 0 saturated carbocycles. The summed E-state index contributed by atoms with van der Waals surface area (Å²) in [7, 11) is 0. The molecule has 3 rings (SSSR count). The van der Waals surface area contributed by atoms with Crippen molar-refractivity contribution in [2.24, 2.45) is 0 Å². The van der Waals surface area contributed by atoms with Gasteiger partial charge >= 0.3 is 0 Å². The van der Waals surface area contributed by atoms with E-state index in [0.717, 1.165) is 18.5 Å². The molecule has 0 aliphatic heterocycles. The minimum atomic E-state index is -0.484. The fourth-order valence-electron chi connectivity index (χ4n) is 2.74. The summed E-state index contributed by atoms with van der Waals surface area (Å²) in [4.78, 5) is 0. The zero-order valence-electron chi connectivity index (χ0n) is 11.2. The van der Waals surface area contributed by atoms with Crippen molar-refractivity contribution in [1.82, 2.24) is 5.32 Å². The summed E-state index contributed by atoms with van der Waals surface area (Å²) in [5, 5.41) is 14.2. The molecule has 0 amide bonds. The molecule has 0 fully saturated rings. The second-order valence-electron chi connectivity index (χ2n) is 5.33. The molecule has 0 radical (unpaired) electrons. The summed E-state index contributed by atoms with van der Waals surface area (Å²) in [6, 6.07) is 15.9. The van der Waals surface area contributed by atoms with Gasteiger partial charge in [-0.1, -0.05) is 48.0 Å². The van der Waals surface area contributed by atoms with Gasteiger partial charge in [0.25, 0.3) is 0 Å². The maximum absolute atomic E-state index is 10.1. The molecule has 2 aromatic carbocycles. The van der Waals surface area contributed by atoms with E-state index in [1.54, 1.807) is 0 Å². The number of nitrogens with one attached hydrogen (secondary N) is 1. The molecular weight excluding hydrogens is 270 g/mol. The number of aliphatic hydroxyl groups excluding tert-OH is 1. The Morgan fingerprint density at radius 3 is 2.65 bits per heavy atom. The summed E-state index contributed by atoms with van der Waals surface area (Å²) >= 11 is 5.84. The van der Waals surface area contributed by atoms with Gasteiger partial charge in [-0.2, -0.15) is 0 Å². The highest BCUT2D eigenvalue weighted by atomic mass is 35.5. The zero-order valence-corrected chi connectivity index (χ0v) is 12.0. The molecule has 0 saturated heterocycles. The van der Waals surface area contributed by atoms with Crippen molar-refractivity contribution in [3.63, 3.8) is 0 Å². The summed E-state index contributed by atoms with van der Waals surface area (Å²) in [5.74, 6) is 0.587. The second-order valence-corrected chi connectivity index (χ2v) is 5.76. The van der Waals surface area contributed by atoms with Crippen molar-refractivity contribution in [3.05, 3.63) is 70.2 Å². The van der Waals surface area contributed by atoms with Crippen LogP contribution in [0, 0.1) is 0 Å². The monoisotopic (exact) mass is 287 g/mol. The molecule has 20 heavy (non-hydrogen) atoms. The van der Waals surface area contributed by atoms with Gasteiger partial charge in [0.15, 0.2) is 0 Å². The highest BCUT2D eigenvalue weighted by Crippen LogP contribution is 2.34.